The van der Waals surface area contributed by atoms with E-state index in [0.29, 0.717) is 17.6 Å². The van der Waals surface area contributed by atoms with Crippen LogP contribution in [0.4, 0.5) is 0 Å². The molecule has 1 aliphatic heterocycles. The summed E-state index contributed by atoms with van der Waals surface area (Å²) in [6.45, 7) is 8.46. The fourth-order valence-corrected chi connectivity index (χ4v) is 2.85. The van der Waals surface area contributed by atoms with Crippen molar-refractivity contribution in [2.75, 3.05) is 0 Å². The first kappa shape index (κ1) is 16.2. The highest BCUT2D eigenvalue weighted by molar-refractivity contribution is 6.14. The zero-order valence-corrected chi connectivity index (χ0v) is 14.3. The highest BCUT2D eigenvalue weighted by Gasteiger charge is 2.30. The monoisotopic (exact) mass is 324 g/mol. The minimum atomic E-state index is -0.623. The van der Waals surface area contributed by atoms with Gasteiger partial charge in [0.15, 0.2) is 0 Å². The van der Waals surface area contributed by atoms with E-state index in [2.05, 4.69) is 44.6 Å². The number of cyclic esters (lactones) is 2. The van der Waals surface area contributed by atoms with Gasteiger partial charge >= 0.3 is 11.9 Å². The fraction of sp³-hybridized carbons (Fsp3) is 0.300. The summed E-state index contributed by atoms with van der Waals surface area (Å²) in [7, 11) is 0. The molecular formula is C20H20O4. The first-order valence-electron chi connectivity index (χ1n) is 8.09. The number of benzene rings is 2. The highest BCUT2D eigenvalue weighted by Crippen LogP contribution is 2.38. The average molecular weight is 324 g/mol. The molecule has 1 aliphatic rings. The van der Waals surface area contributed by atoms with Crippen molar-refractivity contribution >= 4 is 11.9 Å². The quantitative estimate of drug-likeness (QED) is 0.584. The van der Waals surface area contributed by atoms with E-state index in [9.17, 15) is 9.59 Å². The topological polar surface area (TPSA) is 52.6 Å². The molecule has 0 saturated carbocycles. The number of hydrogen-bond donors (Lipinski definition) is 0. The Morgan fingerprint density at radius 1 is 0.833 bits per heavy atom. The third kappa shape index (κ3) is 2.80. The Hall–Kier alpha value is -2.62. The summed E-state index contributed by atoms with van der Waals surface area (Å²) in [5.74, 6) is 0.726. The maximum atomic E-state index is 11.7. The van der Waals surface area contributed by atoms with Crippen molar-refractivity contribution in [1.29, 1.82) is 0 Å². The lowest BCUT2D eigenvalue weighted by molar-refractivity contribution is 0.0443. The van der Waals surface area contributed by atoms with Crippen molar-refractivity contribution in [3.05, 3.63) is 58.7 Å². The van der Waals surface area contributed by atoms with Gasteiger partial charge in [-0.15, -0.1) is 0 Å². The molecule has 2 aromatic rings. The lowest BCUT2D eigenvalue weighted by Gasteiger charge is -2.19. The normalized spacial score (nSPS) is 13.4. The predicted molar refractivity (Wildman–Crippen MR) is 90.9 cm³/mol. The first-order chi connectivity index (χ1) is 11.4. The molecule has 0 N–H and O–H groups in total. The number of fused-ring (bicyclic) bond motifs is 1. The van der Waals surface area contributed by atoms with Gasteiger partial charge in [0.2, 0.25) is 0 Å². The van der Waals surface area contributed by atoms with E-state index in [1.807, 2.05) is 6.07 Å². The Labute approximate surface area is 141 Å². The highest BCUT2D eigenvalue weighted by atomic mass is 16.6. The van der Waals surface area contributed by atoms with Crippen molar-refractivity contribution in [1.82, 2.24) is 0 Å². The van der Waals surface area contributed by atoms with E-state index >= 15 is 0 Å². The Bertz CT molecular complexity index is 792. The summed E-state index contributed by atoms with van der Waals surface area (Å²) in [5, 5.41) is 0. The molecule has 2 aromatic carbocycles. The molecule has 4 heteroatoms. The second kappa shape index (κ2) is 6.11. The molecule has 124 valence electrons. The fourth-order valence-electron chi connectivity index (χ4n) is 2.85. The van der Waals surface area contributed by atoms with Crippen molar-refractivity contribution in [3.63, 3.8) is 0 Å². The third-order valence-corrected chi connectivity index (χ3v) is 4.16. The lowest BCUT2D eigenvalue weighted by Crippen LogP contribution is -2.01. The molecule has 3 rings (SSSR count). The number of carbonyl (C=O) groups excluding carboxylic acids is 2. The third-order valence-electron chi connectivity index (χ3n) is 4.16. The van der Waals surface area contributed by atoms with Gasteiger partial charge in [-0.1, -0.05) is 45.9 Å². The van der Waals surface area contributed by atoms with E-state index in [0.717, 1.165) is 16.9 Å². The lowest BCUT2D eigenvalue weighted by atomic mass is 9.94. The summed E-state index contributed by atoms with van der Waals surface area (Å²) >= 11 is 0. The molecule has 0 amide bonds. The summed E-state index contributed by atoms with van der Waals surface area (Å²) < 4.78 is 10.8. The van der Waals surface area contributed by atoms with Crippen LogP contribution in [-0.2, 0) is 4.74 Å². The molecule has 24 heavy (non-hydrogen) atoms. The van der Waals surface area contributed by atoms with Crippen LogP contribution in [0.15, 0.2) is 36.4 Å². The van der Waals surface area contributed by atoms with Gasteiger partial charge in [0.25, 0.3) is 0 Å². The minimum Gasteiger partial charge on any atom is -0.457 e. The van der Waals surface area contributed by atoms with Gasteiger partial charge in [0, 0.05) is 0 Å². The molecule has 1 heterocycles. The van der Waals surface area contributed by atoms with Crippen LogP contribution in [0, 0.1) is 0 Å². The average Bonchev–Trinajstić information content (AvgIpc) is 2.81. The van der Waals surface area contributed by atoms with Crippen LogP contribution in [0.5, 0.6) is 11.5 Å². The van der Waals surface area contributed by atoms with Crippen LogP contribution in [0.25, 0.3) is 0 Å². The zero-order chi connectivity index (χ0) is 17.4. The molecule has 0 aliphatic carbocycles. The van der Waals surface area contributed by atoms with Crippen LogP contribution >= 0.6 is 0 Å². The van der Waals surface area contributed by atoms with Crippen molar-refractivity contribution < 1.29 is 19.1 Å². The Balaban J connectivity index is 2.05. The number of ether oxygens (including phenoxy) is 2. The van der Waals surface area contributed by atoms with Gasteiger partial charge in [-0.3, -0.25) is 0 Å². The number of carbonyl (C=O) groups is 2. The maximum Gasteiger partial charge on any atom is 0.347 e. The SMILES string of the molecule is CC(C)c1cccc(C(C)C)c1Oc1ccc2c(c1)C(=O)OC2=O. The number of esters is 2. The Morgan fingerprint density at radius 3 is 2.00 bits per heavy atom. The molecule has 0 atom stereocenters. The van der Waals surface area contributed by atoms with Gasteiger partial charge in [0.05, 0.1) is 11.1 Å². The van der Waals surface area contributed by atoms with Crippen molar-refractivity contribution in [2.24, 2.45) is 0 Å². The van der Waals surface area contributed by atoms with Crippen molar-refractivity contribution in [3.8, 4) is 11.5 Å². The summed E-state index contributed by atoms with van der Waals surface area (Å²) in [5.41, 5.74) is 2.76. The van der Waals surface area contributed by atoms with Gasteiger partial charge in [-0.25, -0.2) is 9.59 Å². The van der Waals surface area contributed by atoms with Crippen LogP contribution < -0.4 is 4.74 Å². The maximum absolute atomic E-state index is 11.7. The molecule has 0 aromatic heterocycles. The smallest absolute Gasteiger partial charge is 0.347 e. The van der Waals surface area contributed by atoms with E-state index in [1.54, 1.807) is 18.2 Å². The summed E-state index contributed by atoms with van der Waals surface area (Å²) in [6, 6.07) is 11.0. The van der Waals surface area contributed by atoms with Gasteiger partial charge in [-0.05, 0) is 41.2 Å². The van der Waals surface area contributed by atoms with Gasteiger partial charge in [0.1, 0.15) is 11.5 Å². The first-order valence-corrected chi connectivity index (χ1v) is 8.09. The van der Waals surface area contributed by atoms with Crippen LogP contribution in [0.2, 0.25) is 0 Å². The Kier molecular flexibility index (Phi) is 4.14. The molecule has 0 unspecified atom stereocenters. The molecule has 4 nitrogen and oxygen atoms in total. The van der Waals surface area contributed by atoms with Gasteiger partial charge in [-0.2, -0.15) is 0 Å². The minimum absolute atomic E-state index is 0.255. The molecule has 0 radical (unpaired) electrons. The van der Waals surface area contributed by atoms with Gasteiger partial charge < -0.3 is 9.47 Å². The second-order valence-electron chi connectivity index (χ2n) is 6.56. The molecular weight excluding hydrogens is 304 g/mol. The van der Waals surface area contributed by atoms with Crippen molar-refractivity contribution in [2.45, 2.75) is 39.5 Å². The van der Waals surface area contributed by atoms with E-state index < -0.39 is 11.9 Å². The number of rotatable bonds is 4. The molecule has 0 fully saturated rings. The number of hydrogen-bond acceptors (Lipinski definition) is 4. The van der Waals surface area contributed by atoms with E-state index in [-0.39, 0.29) is 11.1 Å². The van der Waals surface area contributed by atoms with E-state index in [4.69, 9.17) is 4.74 Å². The second-order valence-corrected chi connectivity index (χ2v) is 6.56. The van der Waals surface area contributed by atoms with Crippen LogP contribution in [0.1, 0.15) is 71.4 Å². The predicted octanol–water partition coefficient (Wildman–Crippen LogP) is 5.04. The molecule has 0 spiro atoms. The van der Waals surface area contributed by atoms with Crippen LogP contribution in [0.3, 0.4) is 0 Å². The summed E-state index contributed by atoms with van der Waals surface area (Å²) in [6.07, 6.45) is 0. The van der Waals surface area contributed by atoms with Crippen LogP contribution in [-0.4, -0.2) is 11.9 Å². The summed E-state index contributed by atoms with van der Waals surface area (Å²) in [4.78, 5) is 23.3. The Morgan fingerprint density at radius 2 is 1.42 bits per heavy atom. The number of para-hydroxylation sites is 1. The molecule has 0 saturated heterocycles. The largest absolute Gasteiger partial charge is 0.457 e. The standard InChI is InChI=1S/C20H20O4/c1-11(2)14-6-5-7-15(12(3)4)18(14)23-13-8-9-16-17(10-13)20(22)24-19(16)21/h5-12H,1-4H3. The molecule has 0 bridgehead atoms. The van der Waals surface area contributed by atoms with E-state index in [1.165, 1.54) is 0 Å². The zero-order valence-electron chi connectivity index (χ0n) is 14.3.